The highest BCUT2D eigenvalue weighted by atomic mass is 16.2. The van der Waals surface area contributed by atoms with Gasteiger partial charge in [0.05, 0.1) is 6.42 Å². The van der Waals surface area contributed by atoms with Crippen LogP contribution in [0.3, 0.4) is 0 Å². The fourth-order valence-corrected chi connectivity index (χ4v) is 2.59. The van der Waals surface area contributed by atoms with E-state index in [1.54, 1.807) is 25.3 Å². The zero-order valence-electron chi connectivity index (χ0n) is 13.4. The van der Waals surface area contributed by atoms with Gasteiger partial charge in [-0.25, -0.2) is 4.98 Å². The second-order valence-electron chi connectivity index (χ2n) is 5.73. The summed E-state index contributed by atoms with van der Waals surface area (Å²) in [6, 6.07) is 5.61. The molecule has 1 atom stereocenters. The first kappa shape index (κ1) is 16.3. The lowest BCUT2D eigenvalue weighted by atomic mass is 10.1. The van der Waals surface area contributed by atoms with Gasteiger partial charge in [0.25, 0.3) is 5.56 Å². The maximum atomic E-state index is 12.3. The van der Waals surface area contributed by atoms with Crippen molar-refractivity contribution in [1.29, 1.82) is 0 Å². The fraction of sp³-hybridized carbons (Fsp3) is 0.375. The van der Waals surface area contributed by atoms with Gasteiger partial charge >= 0.3 is 0 Å². The number of nitrogens with one attached hydrogen (secondary N) is 4. The average Bonchev–Trinajstić information content (AvgIpc) is 3.10. The summed E-state index contributed by atoms with van der Waals surface area (Å²) in [7, 11) is 0. The standard InChI is InChI=1S/C16H20N6O2/c1-10-12(8-14(23)18-9-11-5-7-19-22-11)16(24)21-15(20-10)13-4-2-3-6-17-13/h2-4,6,11,19,22H,5,7-9H2,1H3,(H,18,23)(H,20,21,24). The second-order valence-corrected chi connectivity index (χ2v) is 5.73. The minimum atomic E-state index is -0.307. The van der Waals surface area contributed by atoms with Gasteiger partial charge in [-0.15, -0.1) is 0 Å². The number of aryl methyl sites for hydroxylation is 1. The Bertz CT molecular complexity index is 768. The van der Waals surface area contributed by atoms with Gasteiger partial charge in [-0.2, -0.15) is 0 Å². The largest absolute Gasteiger partial charge is 0.354 e. The van der Waals surface area contributed by atoms with Crippen LogP contribution in [0.1, 0.15) is 17.7 Å². The molecule has 4 N–H and O–H groups in total. The predicted octanol–water partition coefficient (Wildman–Crippen LogP) is -0.334. The van der Waals surface area contributed by atoms with Gasteiger partial charge in [-0.3, -0.25) is 25.4 Å². The van der Waals surface area contributed by atoms with E-state index in [1.165, 1.54) is 0 Å². The van der Waals surface area contributed by atoms with Crippen LogP contribution in [-0.2, 0) is 11.2 Å². The summed E-state index contributed by atoms with van der Waals surface area (Å²) in [6.07, 6.45) is 2.61. The summed E-state index contributed by atoms with van der Waals surface area (Å²) in [5.74, 6) is 0.216. The predicted molar refractivity (Wildman–Crippen MR) is 89.1 cm³/mol. The number of aromatic amines is 1. The Labute approximate surface area is 139 Å². The number of carbonyl (C=O) groups excluding carboxylic acids is 1. The lowest BCUT2D eigenvalue weighted by Gasteiger charge is -2.11. The smallest absolute Gasteiger partial charge is 0.255 e. The van der Waals surface area contributed by atoms with Crippen LogP contribution in [0.15, 0.2) is 29.2 Å². The molecule has 1 unspecified atom stereocenters. The highest BCUT2D eigenvalue weighted by molar-refractivity contribution is 5.78. The van der Waals surface area contributed by atoms with Crippen LogP contribution in [-0.4, -0.2) is 40.0 Å². The molecule has 2 aromatic heterocycles. The Kier molecular flexibility index (Phi) is 4.97. The van der Waals surface area contributed by atoms with E-state index in [2.05, 4.69) is 31.1 Å². The first-order chi connectivity index (χ1) is 11.6. The van der Waals surface area contributed by atoms with Gasteiger partial charge in [0.1, 0.15) is 5.69 Å². The molecule has 0 spiro atoms. The zero-order valence-corrected chi connectivity index (χ0v) is 13.4. The summed E-state index contributed by atoms with van der Waals surface area (Å²) < 4.78 is 0. The van der Waals surface area contributed by atoms with Crippen LogP contribution in [0.5, 0.6) is 0 Å². The molecule has 1 aliphatic heterocycles. The molecule has 0 saturated carbocycles. The molecule has 24 heavy (non-hydrogen) atoms. The number of pyridine rings is 1. The lowest BCUT2D eigenvalue weighted by Crippen LogP contribution is -2.41. The van der Waals surface area contributed by atoms with Crippen LogP contribution in [0, 0.1) is 6.92 Å². The molecule has 3 heterocycles. The van der Waals surface area contributed by atoms with Gasteiger partial charge in [-0.1, -0.05) is 6.07 Å². The summed E-state index contributed by atoms with van der Waals surface area (Å²) in [5.41, 5.74) is 7.29. The van der Waals surface area contributed by atoms with Gasteiger partial charge in [-0.05, 0) is 25.5 Å². The average molecular weight is 328 g/mol. The van der Waals surface area contributed by atoms with Gasteiger partial charge in [0.2, 0.25) is 5.91 Å². The van der Waals surface area contributed by atoms with Crippen molar-refractivity contribution in [1.82, 2.24) is 31.1 Å². The first-order valence-corrected chi connectivity index (χ1v) is 7.90. The van der Waals surface area contributed by atoms with E-state index in [9.17, 15) is 9.59 Å². The molecule has 8 heteroatoms. The van der Waals surface area contributed by atoms with E-state index in [0.717, 1.165) is 13.0 Å². The van der Waals surface area contributed by atoms with Crippen molar-refractivity contribution in [3.63, 3.8) is 0 Å². The molecule has 0 radical (unpaired) electrons. The number of hydrazine groups is 1. The SMILES string of the molecule is Cc1nc(-c2ccccn2)[nH]c(=O)c1CC(=O)NCC1CCNN1. The maximum Gasteiger partial charge on any atom is 0.255 e. The second kappa shape index (κ2) is 7.33. The molecular formula is C16H20N6O2. The highest BCUT2D eigenvalue weighted by Crippen LogP contribution is 2.11. The first-order valence-electron chi connectivity index (χ1n) is 7.90. The number of aromatic nitrogens is 3. The Morgan fingerprint density at radius 1 is 1.42 bits per heavy atom. The lowest BCUT2D eigenvalue weighted by molar-refractivity contribution is -0.120. The van der Waals surface area contributed by atoms with Crippen molar-refractivity contribution in [3.05, 3.63) is 46.0 Å². The van der Waals surface area contributed by atoms with Crippen molar-refractivity contribution in [2.45, 2.75) is 25.8 Å². The summed E-state index contributed by atoms with van der Waals surface area (Å²) >= 11 is 0. The van der Waals surface area contributed by atoms with E-state index in [4.69, 9.17) is 0 Å². The van der Waals surface area contributed by atoms with E-state index >= 15 is 0 Å². The molecule has 2 aromatic rings. The summed E-state index contributed by atoms with van der Waals surface area (Å²) in [4.78, 5) is 35.6. The maximum absolute atomic E-state index is 12.3. The van der Waals surface area contributed by atoms with Crippen LogP contribution in [0.2, 0.25) is 0 Å². The van der Waals surface area contributed by atoms with Crippen LogP contribution in [0.4, 0.5) is 0 Å². The molecule has 1 amide bonds. The van der Waals surface area contributed by atoms with E-state index < -0.39 is 0 Å². The Balaban J connectivity index is 1.69. The number of H-pyrrole nitrogens is 1. The Morgan fingerprint density at radius 2 is 2.29 bits per heavy atom. The third-order valence-electron chi connectivity index (χ3n) is 3.94. The normalized spacial score (nSPS) is 17.0. The molecule has 0 bridgehead atoms. The number of hydrogen-bond acceptors (Lipinski definition) is 6. The van der Waals surface area contributed by atoms with Gasteiger partial charge in [0.15, 0.2) is 5.82 Å². The van der Waals surface area contributed by atoms with Crippen LogP contribution >= 0.6 is 0 Å². The molecular weight excluding hydrogens is 308 g/mol. The van der Waals surface area contributed by atoms with Crippen molar-refractivity contribution < 1.29 is 4.79 Å². The van der Waals surface area contributed by atoms with E-state index in [1.807, 2.05) is 6.07 Å². The van der Waals surface area contributed by atoms with E-state index in [-0.39, 0.29) is 23.9 Å². The molecule has 0 aliphatic carbocycles. The number of rotatable bonds is 5. The molecule has 1 fully saturated rings. The number of hydrogen-bond donors (Lipinski definition) is 4. The van der Waals surface area contributed by atoms with Crippen molar-refractivity contribution in [3.8, 4) is 11.5 Å². The minimum absolute atomic E-state index is 0.0107. The Hall–Kier alpha value is -2.58. The highest BCUT2D eigenvalue weighted by Gasteiger charge is 2.17. The number of carbonyl (C=O) groups is 1. The van der Waals surface area contributed by atoms with Crippen molar-refractivity contribution in [2.24, 2.45) is 0 Å². The molecule has 126 valence electrons. The fourth-order valence-electron chi connectivity index (χ4n) is 2.59. The number of nitrogens with zero attached hydrogens (tertiary/aromatic N) is 2. The van der Waals surface area contributed by atoms with Crippen molar-refractivity contribution in [2.75, 3.05) is 13.1 Å². The van der Waals surface area contributed by atoms with E-state index in [0.29, 0.717) is 29.3 Å². The number of amides is 1. The molecule has 3 rings (SSSR count). The topological polar surface area (TPSA) is 112 Å². The van der Waals surface area contributed by atoms with Crippen molar-refractivity contribution >= 4 is 5.91 Å². The van der Waals surface area contributed by atoms with Crippen LogP contribution < -0.4 is 21.7 Å². The quantitative estimate of drug-likeness (QED) is 0.598. The van der Waals surface area contributed by atoms with Gasteiger partial charge in [0, 0.05) is 36.6 Å². The zero-order chi connectivity index (χ0) is 16.9. The molecule has 8 nitrogen and oxygen atoms in total. The molecule has 0 aromatic carbocycles. The molecule has 1 saturated heterocycles. The molecule has 1 aliphatic rings. The third kappa shape index (κ3) is 3.84. The van der Waals surface area contributed by atoms with Gasteiger partial charge < -0.3 is 10.3 Å². The Morgan fingerprint density at radius 3 is 2.96 bits per heavy atom. The summed E-state index contributed by atoms with van der Waals surface area (Å²) in [5, 5.41) is 2.84. The summed E-state index contributed by atoms with van der Waals surface area (Å²) in [6.45, 7) is 3.15. The van der Waals surface area contributed by atoms with Crippen LogP contribution in [0.25, 0.3) is 11.5 Å². The minimum Gasteiger partial charge on any atom is -0.354 e. The third-order valence-corrected chi connectivity index (χ3v) is 3.94. The monoisotopic (exact) mass is 328 g/mol.